The van der Waals surface area contributed by atoms with Gasteiger partial charge in [0.2, 0.25) is 5.91 Å². The summed E-state index contributed by atoms with van der Waals surface area (Å²) in [6, 6.07) is 10.4. The minimum absolute atomic E-state index is 0.0678. The second-order valence-corrected chi connectivity index (χ2v) is 7.33. The van der Waals surface area contributed by atoms with E-state index in [9.17, 15) is 9.59 Å². The van der Waals surface area contributed by atoms with Gasteiger partial charge in [0, 0.05) is 29.6 Å². The molecule has 0 aliphatic heterocycles. The molecule has 1 N–H and O–H groups in total. The first-order chi connectivity index (χ1) is 13.5. The lowest BCUT2D eigenvalue weighted by atomic mass is 10.1. The first kappa shape index (κ1) is 22.1. The van der Waals surface area contributed by atoms with Crippen LogP contribution in [0.3, 0.4) is 0 Å². The van der Waals surface area contributed by atoms with Crippen LogP contribution in [0.1, 0.15) is 32.6 Å². The standard InChI is InChI=1S/C21H29ClN4O2/c1-3-4-14-25(2)15-5-13-23-20(27)12-16-26-21(28)11-10-19(24-26)17-6-8-18(22)9-7-17/h6-11H,3-5,12-16H2,1-2H3,(H,23,27). The Balaban J connectivity index is 1.80. The zero-order valence-electron chi connectivity index (χ0n) is 16.7. The SMILES string of the molecule is CCCCN(C)CCCNC(=O)CCn1nc(-c2ccc(Cl)cc2)ccc1=O. The highest BCUT2D eigenvalue weighted by atomic mass is 35.5. The van der Waals surface area contributed by atoms with Crippen LogP contribution in [0, 0.1) is 0 Å². The fourth-order valence-corrected chi connectivity index (χ4v) is 2.92. The zero-order valence-corrected chi connectivity index (χ0v) is 17.4. The Hall–Kier alpha value is -2.18. The molecule has 0 bridgehead atoms. The molecule has 1 heterocycles. The van der Waals surface area contributed by atoms with E-state index in [4.69, 9.17) is 11.6 Å². The van der Waals surface area contributed by atoms with E-state index >= 15 is 0 Å². The number of hydrogen-bond donors (Lipinski definition) is 1. The van der Waals surface area contributed by atoms with E-state index in [0.717, 1.165) is 25.1 Å². The van der Waals surface area contributed by atoms with Crippen LogP contribution in [0.5, 0.6) is 0 Å². The molecule has 0 saturated heterocycles. The normalized spacial score (nSPS) is 11.0. The second kappa shape index (κ2) is 11.6. The number of unbranched alkanes of at least 4 members (excludes halogenated alkanes) is 1. The van der Waals surface area contributed by atoms with E-state index in [0.29, 0.717) is 17.3 Å². The quantitative estimate of drug-likeness (QED) is 0.584. The third-order valence-electron chi connectivity index (χ3n) is 4.49. The highest BCUT2D eigenvalue weighted by molar-refractivity contribution is 6.30. The van der Waals surface area contributed by atoms with Gasteiger partial charge in [0.1, 0.15) is 0 Å². The van der Waals surface area contributed by atoms with Gasteiger partial charge in [-0.25, -0.2) is 4.68 Å². The van der Waals surface area contributed by atoms with Crippen molar-refractivity contribution >= 4 is 17.5 Å². The highest BCUT2D eigenvalue weighted by Crippen LogP contribution is 2.18. The predicted molar refractivity (Wildman–Crippen MR) is 114 cm³/mol. The molecule has 7 heteroatoms. The molecule has 2 aromatic rings. The van der Waals surface area contributed by atoms with E-state index in [2.05, 4.69) is 29.3 Å². The number of carbonyl (C=O) groups is 1. The summed E-state index contributed by atoms with van der Waals surface area (Å²) in [6.45, 7) is 5.12. The lowest BCUT2D eigenvalue weighted by molar-refractivity contribution is -0.121. The summed E-state index contributed by atoms with van der Waals surface area (Å²) in [6.07, 6.45) is 3.52. The van der Waals surface area contributed by atoms with Gasteiger partial charge in [0.25, 0.3) is 5.56 Å². The van der Waals surface area contributed by atoms with Crippen molar-refractivity contribution in [2.75, 3.05) is 26.7 Å². The summed E-state index contributed by atoms with van der Waals surface area (Å²) in [5.74, 6) is -0.0678. The topological polar surface area (TPSA) is 67.2 Å². The Bertz CT molecular complexity index is 805. The molecule has 0 saturated carbocycles. The molecule has 1 aromatic heterocycles. The van der Waals surface area contributed by atoms with Crippen LogP contribution in [-0.2, 0) is 11.3 Å². The van der Waals surface area contributed by atoms with Crippen LogP contribution in [-0.4, -0.2) is 47.3 Å². The molecular formula is C21H29ClN4O2. The largest absolute Gasteiger partial charge is 0.356 e. The molecule has 0 fully saturated rings. The molecule has 0 spiro atoms. The maximum atomic E-state index is 12.1. The van der Waals surface area contributed by atoms with E-state index in [1.807, 2.05) is 12.1 Å². The first-order valence-electron chi connectivity index (χ1n) is 9.79. The summed E-state index contributed by atoms with van der Waals surface area (Å²) in [5.41, 5.74) is 1.32. The number of aryl methyl sites for hydroxylation is 1. The Morgan fingerprint density at radius 2 is 1.86 bits per heavy atom. The second-order valence-electron chi connectivity index (χ2n) is 6.90. The lowest BCUT2D eigenvalue weighted by Crippen LogP contribution is -2.30. The van der Waals surface area contributed by atoms with Gasteiger partial charge in [-0.2, -0.15) is 5.10 Å². The Morgan fingerprint density at radius 3 is 2.57 bits per heavy atom. The molecule has 0 aliphatic carbocycles. The summed E-state index contributed by atoms with van der Waals surface area (Å²) >= 11 is 5.91. The number of benzene rings is 1. The van der Waals surface area contributed by atoms with Gasteiger partial charge < -0.3 is 10.2 Å². The molecule has 2 rings (SSSR count). The van der Waals surface area contributed by atoms with Crippen LogP contribution in [0.25, 0.3) is 11.3 Å². The van der Waals surface area contributed by atoms with E-state index in [1.54, 1.807) is 18.2 Å². The van der Waals surface area contributed by atoms with Crippen LogP contribution < -0.4 is 10.9 Å². The maximum Gasteiger partial charge on any atom is 0.266 e. The molecule has 1 aromatic carbocycles. The van der Waals surface area contributed by atoms with Gasteiger partial charge in [-0.05, 0) is 51.2 Å². The maximum absolute atomic E-state index is 12.1. The first-order valence-corrected chi connectivity index (χ1v) is 10.2. The van der Waals surface area contributed by atoms with Crippen LogP contribution >= 0.6 is 11.6 Å². The number of rotatable bonds is 11. The molecule has 6 nitrogen and oxygen atoms in total. The third kappa shape index (κ3) is 7.44. The van der Waals surface area contributed by atoms with Crippen molar-refractivity contribution in [3.05, 3.63) is 51.8 Å². The average Bonchev–Trinajstić information content (AvgIpc) is 2.69. The number of halogens is 1. The zero-order chi connectivity index (χ0) is 20.4. The highest BCUT2D eigenvalue weighted by Gasteiger charge is 2.07. The number of nitrogens with one attached hydrogen (secondary N) is 1. The third-order valence-corrected chi connectivity index (χ3v) is 4.74. The molecule has 0 unspecified atom stereocenters. The number of amides is 1. The van der Waals surface area contributed by atoms with E-state index in [-0.39, 0.29) is 24.4 Å². The molecule has 0 radical (unpaired) electrons. The molecule has 1 amide bonds. The average molecular weight is 405 g/mol. The summed E-state index contributed by atoms with van der Waals surface area (Å²) in [4.78, 5) is 26.4. The van der Waals surface area contributed by atoms with E-state index < -0.39 is 0 Å². The summed E-state index contributed by atoms with van der Waals surface area (Å²) in [5, 5.41) is 7.92. The van der Waals surface area contributed by atoms with Crippen molar-refractivity contribution in [2.45, 2.75) is 39.2 Å². The van der Waals surface area contributed by atoms with Crippen molar-refractivity contribution in [1.82, 2.24) is 20.0 Å². The van der Waals surface area contributed by atoms with Crippen LogP contribution in [0.2, 0.25) is 5.02 Å². The van der Waals surface area contributed by atoms with Crippen molar-refractivity contribution in [3.63, 3.8) is 0 Å². The van der Waals surface area contributed by atoms with Gasteiger partial charge in [0.05, 0.1) is 12.2 Å². The summed E-state index contributed by atoms with van der Waals surface area (Å²) in [7, 11) is 2.10. The Labute approximate surface area is 171 Å². The minimum Gasteiger partial charge on any atom is -0.356 e. The number of aromatic nitrogens is 2. The van der Waals surface area contributed by atoms with Crippen LogP contribution in [0.15, 0.2) is 41.2 Å². The van der Waals surface area contributed by atoms with Gasteiger partial charge >= 0.3 is 0 Å². The Kier molecular flexibility index (Phi) is 9.17. The smallest absolute Gasteiger partial charge is 0.266 e. The van der Waals surface area contributed by atoms with Crippen molar-refractivity contribution in [3.8, 4) is 11.3 Å². The summed E-state index contributed by atoms with van der Waals surface area (Å²) < 4.78 is 1.34. The molecular weight excluding hydrogens is 376 g/mol. The molecule has 0 aliphatic rings. The number of hydrogen-bond acceptors (Lipinski definition) is 4. The number of nitrogens with zero attached hydrogens (tertiary/aromatic N) is 3. The lowest BCUT2D eigenvalue weighted by Gasteiger charge is -2.16. The van der Waals surface area contributed by atoms with Crippen molar-refractivity contribution in [1.29, 1.82) is 0 Å². The van der Waals surface area contributed by atoms with Gasteiger partial charge in [-0.3, -0.25) is 9.59 Å². The van der Waals surface area contributed by atoms with Gasteiger partial charge in [0.15, 0.2) is 0 Å². The Morgan fingerprint density at radius 1 is 1.14 bits per heavy atom. The minimum atomic E-state index is -0.219. The molecule has 28 heavy (non-hydrogen) atoms. The van der Waals surface area contributed by atoms with Gasteiger partial charge in [-0.1, -0.05) is 37.1 Å². The van der Waals surface area contributed by atoms with Crippen molar-refractivity contribution < 1.29 is 4.79 Å². The molecule has 0 atom stereocenters. The predicted octanol–water partition coefficient (Wildman–Crippen LogP) is 3.19. The number of carbonyl (C=O) groups excluding carboxylic acids is 1. The van der Waals surface area contributed by atoms with E-state index in [1.165, 1.54) is 23.6 Å². The monoisotopic (exact) mass is 404 g/mol. The fourth-order valence-electron chi connectivity index (χ4n) is 2.80. The fraction of sp³-hybridized carbons (Fsp3) is 0.476. The van der Waals surface area contributed by atoms with Crippen molar-refractivity contribution in [2.24, 2.45) is 0 Å². The van der Waals surface area contributed by atoms with Gasteiger partial charge in [-0.15, -0.1) is 0 Å². The van der Waals surface area contributed by atoms with Crippen LogP contribution in [0.4, 0.5) is 0 Å². The molecule has 152 valence electrons.